The molecule has 4 rings (SSSR count). The Kier molecular flexibility index (Phi) is 6.07. The number of hydrogen-bond acceptors (Lipinski definition) is 3. The average Bonchev–Trinajstić information content (AvgIpc) is 3.45. The first-order valence-corrected chi connectivity index (χ1v) is 11.1. The van der Waals surface area contributed by atoms with Crippen LogP contribution in [0.4, 0.5) is 11.4 Å². The van der Waals surface area contributed by atoms with Crippen molar-refractivity contribution >= 4 is 29.1 Å². The summed E-state index contributed by atoms with van der Waals surface area (Å²) in [6.45, 7) is 5.89. The molecular weight excluding hydrogens is 390 g/mol. The van der Waals surface area contributed by atoms with E-state index >= 15 is 0 Å². The third kappa shape index (κ3) is 4.33. The molecule has 2 aromatic rings. The number of amides is 3. The Morgan fingerprint density at radius 3 is 2.45 bits per heavy atom. The van der Waals surface area contributed by atoms with Gasteiger partial charge in [-0.3, -0.25) is 14.4 Å². The van der Waals surface area contributed by atoms with Crippen LogP contribution in [-0.4, -0.2) is 42.3 Å². The lowest BCUT2D eigenvalue weighted by atomic mass is 10.0. The molecule has 2 aliphatic rings. The summed E-state index contributed by atoms with van der Waals surface area (Å²) in [6.07, 6.45) is 3.20. The summed E-state index contributed by atoms with van der Waals surface area (Å²) in [5.74, 6) is -0.631. The zero-order chi connectivity index (χ0) is 22.0. The highest BCUT2D eigenvalue weighted by Crippen LogP contribution is 2.28. The number of nitrogens with zero attached hydrogens (tertiary/aromatic N) is 2. The maximum absolute atomic E-state index is 12.9. The standard InChI is InChI=1S/C25H29N3O3/c1-3-18-9-11-20(12-10-18)28-16-19(15-23(28)29)24(30)26-22-8-6-7-21(17(22)2)25(31)27-13-4-5-14-27/h6-12,19H,3-5,13-16H2,1-2H3,(H,26,30). The molecule has 2 fully saturated rings. The van der Waals surface area contributed by atoms with E-state index in [0.717, 1.165) is 43.6 Å². The van der Waals surface area contributed by atoms with Crippen LogP contribution in [0.1, 0.15) is 47.7 Å². The molecule has 2 heterocycles. The van der Waals surface area contributed by atoms with E-state index in [9.17, 15) is 14.4 Å². The number of carbonyl (C=O) groups excluding carboxylic acids is 3. The smallest absolute Gasteiger partial charge is 0.254 e. The van der Waals surface area contributed by atoms with E-state index in [1.807, 2.05) is 48.2 Å². The Hall–Kier alpha value is -3.15. The monoisotopic (exact) mass is 419 g/mol. The highest BCUT2D eigenvalue weighted by atomic mass is 16.2. The van der Waals surface area contributed by atoms with Crippen LogP contribution in [0.2, 0.25) is 0 Å². The van der Waals surface area contributed by atoms with Gasteiger partial charge >= 0.3 is 0 Å². The van der Waals surface area contributed by atoms with Gasteiger partial charge in [0.1, 0.15) is 0 Å². The lowest BCUT2D eigenvalue weighted by Gasteiger charge is -2.19. The topological polar surface area (TPSA) is 69.7 Å². The maximum Gasteiger partial charge on any atom is 0.254 e. The highest BCUT2D eigenvalue weighted by Gasteiger charge is 2.35. The van der Waals surface area contributed by atoms with E-state index in [2.05, 4.69) is 12.2 Å². The molecule has 0 bridgehead atoms. The molecule has 1 N–H and O–H groups in total. The first-order valence-electron chi connectivity index (χ1n) is 11.1. The van der Waals surface area contributed by atoms with Gasteiger partial charge in [-0.05, 0) is 61.6 Å². The number of likely N-dealkylation sites (tertiary alicyclic amines) is 1. The van der Waals surface area contributed by atoms with Crippen molar-refractivity contribution in [1.29, 1.82) is 0 Å². The fourth-order valence-electron chi connectivity index (χ4n) is 4.37. The third-order valence-corrected chi connectivity index (χ3v) is 6.37. The normalized spacial score (nSPS) is 18.5. The molecule has 0 spiro atoms. The van der Waals surface area contributed by atoms with Crippen molar-refractivity contribution < 1.29 is 14.4 Å². The van der Waals surface area contributed by atoms with E-state index in [0.29, 0.717) is 17.8 Å². The molecule has 2 aromatic carbocycles. The zero-order valence-electron chi connectivity index (χ0n) is 18.2. The van der Waals surface area contributed by atoms with E-state index in [4.69, 9.17) is 0 Å². The minimum absolute atomic E-state index is 0.0174. The van der Waals surface area contributed by atoms with Crippen molar-refractivity contribution in [2.24, 2.45) is 5.92 Å². The molecular formula is C25H29N3O3. The lowest BCUT2D eigenvalue weighted by molar-refractivity contribution is -0.122. The van der Waals surface area contributed by atoms with Crippen molar-refractivity contribution in [3.05, 3.63) is 59.2 Å². The van der Waals surface area contributed by atoms with Crippen LogP contribution < -0.4 is 10.2 Å². The van der Waals surface area contributed by atoms with Crippen LogP contribution >= 0.6 is 0 Å². The molecule has 162 valence electrons. The van der Waals surface area contributed by atoms with Crippen LogP contribution in [0.15, 0.2) is 42.5 Å². The molecule has 2 aliphatic heterocycles. The van der Waals surface area contributed by atoms with Crippen molar-refractivity contribution in [1.82, 2.24) is 4.90 Å². The second-order valence-electron chi connectivity index (χ2n) is 8.39. The molecule has 0 aliphatic carbocycles. The number of hydrogen-bond donors (Lipinski definition) is 1. The summed E-state index contributed by atoms with van der Waals surface area (Å²) < 4.78 is 0. The molecule has 3 amide bonds. The van der Waals surface area contributed by atoms with Gasteiger partial charge in [-0.2, -0.15) is 0 Å². The molecule has 0 aromatic heterocycles. The Labute approximate surface area is 183 Å². The van der Waals surface area contributed by atoms with Crippen molar-refractivity contribution in [2.45, 2.75) is 39.5 Å². The van der Waals surface area contributed by atoms with Gasteiger partial charge in [-0.1, -0.05) is 25.1 Å². The summed E-state index contributed by atoms with van der Waals surface area (Å²) >= 11 is 0. The highest BCUT2D eigenvalue weighted by molar-refractivity contribution is 6.04. The molecule has 2 saturated heterocycles. The molecule has 0 saturated carbocycles. The average molecular weight is 420 g/mol. The summed E-state index contributed by atoms with van der Waals surface area (Å²) in [7, 11) is 0. The van der Waals surface area contributed by atoms with Gasteiger partial charge in [0.2, 0.25) is 11.8 Å². The fraction of sp³-hybridized carbons (Fsp3) is 0.400. The van der Waals surface area contributed by atoms with Gasteiger partial charge in [0.05, 0.1) is 5.92 Å². The number of anilines is 2. The van der Waals surface area contributed by atoms with Gasteiger partial charge in [0.15, 0.2) is 0 Å². The number of benzene rings is 2. The molecule has 1 atom stereocenters. The van der Waals surface area contributed by atoms with Crippen molar-refractivity contribution in [3.8, 4) is 0 Å². The van der Waals surface area contributed by atoms with Crippen molar-refractivity contribution in [3.63, 3.8) is 0 Å². The number of nitrogens with one attached hydrogen (secondary N) is 1. The Bertz CT molecular complexity index is 994. The number of aryl methyl sites for hydroxylation is 1. The second kappa shape index (κ2) is 8.92. The van der Waals surface area contributed by atoms with Crippen molar-refractivity contribution in [2.75, 3.05) is 29.9 Å². The third-order valence-electron chi connectivity index (χ3n) is 6.37. The first kappa shape index (κ1) is 21.1. The fourth-order valence-corrected chi connectivity index (χ4v) is 4.37. The number of rotatable bonds is 5. The van der Waals surface area contributed by atoms with Gasteiger partial charge in [0.25, 0.3) is 5.91 Å². The predicted molar refractivity (Wildman–Crippen MR) is 121 cm³/mol. The minimum atomic E-state index is -0.421. The van der Waals surface area contributed by atoms with E-state index in [1.54, 1.807) is 11.0 Å². The summed E-state index contributed by atoms with van der Waals surface area (Å²) in [5, 5.41) is 2.96. The van der Waals surface area contributed by atoms with Crippen LogP contribution in [-0.2, 0) is 16.0 Å². The van der Waals surface area contributed by atoms with E-state index in [1.165, 1.54) is 5.56 Å². The van der Waals surface area contributed by atoms with Crippen LogP contribution in [0.5, 0.6) is 0 Å². The molecule has 1 unspecified atom stereocenters. The molecule has 6 nitrogen and oxygen atoms in total. The van der Waals surface area contributed by atoms with E-state index in [-0.39, 0.29) is 24.1 Å². The van der Waals surface area contributed by atoms with Gasteiger partial charge in [-0.15, -0.1) is 0 Å². The summed E-state index contributed by atoms with van der Waals surface area (Å²) in [5.41, 5.74) is 4.06. The minimum Gasteiger partial charge on any atom is -0.339 e. The van der Waals surface area contributed by atoms with E-state index < -0.39 is 5.92 Å². The molecule has 0 radical (unpaired) electrons. The Morgan fingerprint density at radius 2 is 1.77 bits per heavy atom. The summed E-state index contributed by atoms with van der Waals surface area (Å²) in [6, 6.07) is 13.3. The van der Waals surface area contributed by atoms with Crippen LogP contribution in [0, 0.1) is 12.8 Å². The quantitative estimate of drug-likeness (QED) is 0.802. The molecule has 6 heteroatoms. The Morgan fingerprint density at radius 1 is 1.06 bits per heavy atom. The van der Waals surface area contributed by atoms with Gasteiger partial charge in [0, 0.05) is 43.0 Å². The van der Waals surface area contributed by atoms with Gasteiger partial charge in [-0.25, -0.2) is 0 Å². The zero-order valence-corrected chi connectivity index (χ0v) is 18.2. The maximum atomic E-state index is 12.9. The lowest BCUT2D eigenvalue weighted by Crippen LogP contribution is -2.29. The second-order valence-corrected chi connectivity index (χ2v) is 8.39. The first-order chi connectivity index (χ1) is 15.0. The number of carbonyl (C=O) groups is 3. The largest absolute Gasteiger partial charge is 0.339 e. The SMILES string of the molecule is CCc1ccc(N2CC(C(=O)Nc3cccc(C(=O)N4CCCC4)c3C)CC2=O)cc1. The van der Waals surface area contributed by atoms with Crippen LogP contribution in [0.25, 0.3) is 0 Å². The van der Waals surface area contributed by atoms with Crippen LogP contribution in [0.3, 0.4) is 0 Å². The summed E-state index contributed by atoms with van der Waals surface area (Å²) in [4.78, 5) is 41.9. The van der Waals surface area contributed by atoms with Gasteiger partial charge < -0.3 is 15.1 Å². The molecule has 31 heavy (non-hydrogen) atoms. The predicted octanol–water partition coefficient (Wildman–Crippen LogP) is 3.79. The Balaban J connectivity index is 1.45.